The van der Waals surface area contributed by atoms with Crippen LogP contribution in [0.3, 0.4) is 0 Å². The number of amides is 2. The monoisotopic (exact) mass is 544 g/mol. The highest BCUT2D eigenvalue weighted by molar-refractivity contribution is 6.30. The summed E-state index contributed by atoms with van der Waals surface area (Å²) in [4.78, 5) is 45.9. The number of halogens is 2. The number of ether oxygens (including phenoxy) is 1. The van der Waals surface area contributed by atoms with Crippen molar-refractivity contribution >= 4 is 40.1 Å². The number of carbonyl (C=O) groups is 2. The van der Waals surface area contributed by atoms with Crippen molar-refractivity contribution in [1.29, 1.82) is 0 Å². The molecule has 1 fully saturated rings. The van der Waals surface area contributed by atoms with Gasteiger partial charge in [0.15, 0.2) is 11.0 Å². The molecule has 2 unspecified atom stereocenters. The van der Waals surface area contributed by atoms with Gasteiger partial charge in [0.25, 0.3) is 11.8 Å². The Hall–Kier alpha value is -4.01. The van der Waals surface area contributed by atoms with Gasteiger partial charge < -0.3 is 19.0 Å². The van der Waals surface area contributed by atoms with Gasteiger partial charge in [-0.15, -0.1) is 0 Å². The minimum atomic E-state index is -1.78. The number of benzene rings is 3. The van der Waals surface area contributed by atoms with Gasteiger partial charge in [-0.1, -0.05) is 41.9 Å². The first kappa shape index (κ1) is 24.1. The molecule has 2 atom stereocenters. The highest BCUT2D eigenvalue weighted by Crippen LogP contribution is 2.53. The molecule has 0 radical (unpaired) electrons. The lowest BCUT2D eigenvalue weighted by molar-refractivity contribution is -0.126. The summed E-state index contributed by atoms with van der Waals surface area (Å²) >= 11 is 6.08. The fourth-order valence-electron chi connectivity index (χ4n) is 6.13. The molecular formula is C30H22ClFN2O5. The Kier molecular flexibility index (Phi) is 5.40. The van der Waals surface area contributed by atoms with Gasteiger partial charge in [0.2, 0.25) is 5.76 Å². The van der Waals surface area contributed by atoms with E-state index in [9.17, 15) is 18.8 Å². The Labute approximate surface area is 227 Å². The summed E-state index contributed by atoms with van der Waals surface area (Å²) in [6, 6.07) is 17.8. The minimum Gasteiger partial charge on any atom is -0.450 e. The zero-order chi connectivity index (χ0) is 26.9. The molecule has 4 aromatic rings. The molecule has 39 heavy (non-hydrogen) atoms. The van der Waals surface area contributed by atoms with E-state index in [1.54, 1.807) is 41.3 Å². The summed E-state index contributed by atoms with van der Waals surface area (Å²) in [6.45, 7) is 0.849. The number of anilines is 1. The number of nitrogens with zero attached hydrogens (tertiary/aromatic N) is 2. The molecule has 7 nitrogen and oxygen atoms in total. The average molecular weight is 545 g/mol. The normalized spacial score (nSPS) is 21.8. The largest absolute Gasteiger partial charge is 0.450 e. The van der Waals surface area contributed by atoms with Crippen molar-refractivity contribution < 1.29 is 23.1 Å². The van der Waals surface area contributed by atoms with Gasteiger partial charge in [-0.3, -0.25) is 14.4 Å². The van der Waals surface area contributed by atoms with Crippen LogP contribution >= 0.6 is 11.6 Å². The molecule has 7 rings (SSSR count). The van der Waals surface area contributed by atoms with Gasteiger partial charge in [-0.2, -0.15) is 0 Å². The predicted molar refractivity (Wildman–Crippen MR) is 142 cm³/mol. The fourth-order valence-corrected chi connectivity index (χ4v) is 6.26. The summed E-state index contributed by atoms with van der Waals surface area (Å²) < 4.78 is 26.1. The van der Waals surface area contributed by atoms with E-state index < -0.39 is 28.6 Å². The number of carbonyl (C=O) groups excluding carboxylic acids is 2. The molecular weight excluding hydrogens is 523 g/mol. The maximum atomic E-state index is 14.7. The van der Waals surface area contributed by atoms with E-state index in [0.29, 0.717) is 22.9 Å². The van der Waals surface area contributed by atoms with E-state index in [2.05, 4.69) is 0 Å². The number of hydrogen-bond acceptors (Lipinski definition) is 5. The molecule has 0 bridgehead atoms. The van der Waals surface area contributed by atoms with Crippen molar-refractivity contribution in [2.45, 2.75) is 31.0 Å². The van der Waals surface area contributed by atoms with Crippen molar-refractivity contribution in [2.24, 2.45) is 0 Å². The fraction of sp³-hybridized carbons (Fsp3) is 0.233. The summed E-state index contributed by atoms with van der Waals surface area (Å²) in [5.41, 5.74) is -0.485. The molecule has 2 amide bonds. The van der Waals surface area contributed by atoms with Crippen LogP contribution in [0.4, 0.5) is 10.1 Å². The van der Waals surface area contributed by atoms with E-state index in [1.165, 1.54) is 17.0 Å². The smallest absolute Gasteiger partial charge is 0.291 e. The summed E-state index contributed by atoms with van der Waals surface area (Å²) in [5.74, 6) is -1.84. The second kappa shape index (κ2) is 8.76. The second-order valence-corrected chi connectivity index (χ2v) is 10.5. The summed E-state index contributed by atoms with van der Waals surface area (Å²) in [6.07, 6.45) is 1.25. The zero-order valence-electron chi connectivity index (χ0n) is 20.7. The van der Waals surface area contributed by atoms with Crippen LogP contribution in [0.5, 0.6) is 0 Å². The molecule has 0 saturated carbocycles. The molecule has 0 N–H and O–H groups in total. The van der Waals surface area contributed by atoms with E-state index in [0.717, 1.165) is 24.5 Å². The third kappa shape index (κ3) is 3.41. The van der Waals surface area contributed by atoms with Gasteiger partial charge in [0.1, 0.15) is 11.4 Å². The predicted octanol–water partition coefficient (Wildman–Crippen LogP) is 5.01. The molecule has 9 heteroatoms. The highest BCUT2D eigenvalue weighted by Gasteiger charge is 2.65. The molecule has 4 heterocycles. The Bertz CT molecular complexity index is 1730. The van der Waals surface area contributed by atoms with Crippen LogP contribution in [-0.4, -0.2) is 36.0 Å². The van der Waals surface area contributed by atoms with Gasteiger partial charge in [0, 0.05) is 23.7 Å². The lowest BCUT2D eigenvalue weighted by atomic mass is 9.83. The molecule has 1 spiro atoms. The third-order valence-corrected chi connectivity index (χ3v) is 8.11. The van der Waals surface area contributed by atoms with Crippen LogP contribution in [0.1, 0.15) is 40.1 Å². The van der Waals surface area contributed by atoms with Crippen LogP contribution in [0, 0.1) is 5.82 Å². The van der Waals surface area contributed by atoms with E-state index in [4.69, 9.17) is 20.8 Å². The summed E-state index contributed by atoms with van der Waals surface area (Å²) in [7, 11) is 0. The van der Waals surface area contributed by atoms with E-state index in [-0.39, 0.29) is 41.5 Å². The molecule has 1 aromatic heterocycles. The molecule has 3 aliphatic rings. The van der Waals surface area contributed by atoms with Crippen LogP contribution < -0.4 is 10.3 Å². The van der Waals surface area contributed by atoms with E-state index >= 15 is 0 Å². The van der Waals surface area contributed by atoms with Crippen LogP contribution in [0.25, 0.3) is 11.0 Å². The lowest BCUT2D eigenvalue weighted by Crippen LogP contribution is -2.55. The molecule has 3 aromatic carbocycles. The van der Waals surface area contributed by atoms with Crippen molar-refractivity contribution in [1.82, 2.24) is 4.90 Å². The topological polar surface area (TPSA) is 80.1 Å². The molecule has 0 aliphatic carbocycles. The maximum Gasteiger partial charge on any atom is 0.291 e. The number of para-hydroxylation sites is 1. The number of hydrogen-bond donors (Lipinski definition) is 0. The van der Waals surface area contributed by atoms with Gasteiger partial charge in [0.05, 0.1) is 29.3 Å². The van der Waals surface area contributed by atoms with Crippen molar-refractivity contribution in [2.75, 3.05) is 18.1 Å². The SMILES string of the molecule is O=C1c2oc3ccc(F)cc3c(=O)c2C2(C(=O)N(Cc3ccc(Cl)cc3)c3ccccc32)N1CC1CCCO1. The molecule has 1 saturated heterocycles. The van der Waals surface area contributed by atoms with Crippen molar-refractivity contribution in [3.05, 3.63) is 110 Å². The van der Waals surface area contributed by atoms with Crippen molar-refractivity contribution in [3.8, 4) is 0 Å². The lowest BCUT2D eigenvalue weighted by Gasteiger charge is -2.35. The summed E-state index contributed by atoms with van der Waals surface area (Å²) in [5, 5.41) is 0.541. The number of fused-ring (bicyclic) bond motifs is 5. The average Bonchev–Trinajstić information content (AvgIpc) is 3.60. The third-order valence-electron chi connectivity index (χ3n) is 7.86. The second-order valence-electron chi connectivity index (χ2n) is 10.1. The Morgan fingerprint density at radius 2 is 1.82 bits per heavy atom. The zero-order valence-corrected chi connectivity index (χ0v) is 21.4. The van der Waals surface area contributed by atoms with Gasteiger partial charge in [-0.25, -0.2) is 4.39 Å². The van der Waals surface area contributed by atoms with E-state index in [1.807, 2.05) is 12.1 Å². The quantitative estimate of drug-likeness (QED) is 0.361. The standard InChI is InChI=1S/C30H22ClFN2O5/c31-18-9-7-17(8-10-18)15-33-23-6-2-1-5-22(23)30(29(33)37)25-26(35)21-14-19(32)11-12-24(21)39-27(25)28(36)34(30)16-20-4-3-13-38-20/h1-2,5-12,14,20H,3-4,13,15-16H2. The highest BCUT2D eigenvalue weighted by atomic mass is 35.5. The van der Waals surface area contributed by atoms with Gasteiger partial charge >= 0.3 is 0 Å². The van der Waals surface area contributed by atoms with Crippen molar-refractivity contribution in [3.63, 3.8) is 0 Å². The van der Waals surface area contributed by atoms with Crippen LogP contribution in [-0.2, 0) is 21.6 Å². The van der Waals surface area contributed by atoms with Crippen LogP contribution in [0.2, 0.25) is 5.02 Å². The Morgan fingerprint density at radius 3 is 2.59 bits per heavy atom. The Balaban J connectivity index is 1.49. The molecule has 3 aliphatic heterocycles. The first-order chi connectivity index (χ1) is 18.9. The van der Waals surface area contributed by atoms with Gasteiger partial charge in [-0.05, 0) is 54.8 Å². The minimum absolute atomic E-state index is 0.0266. The number of rotatable bonds is 4. The first-order valence-electron chi connectivity index (χ1n) is 12.8. The molecule has 196 valence electrons. The maximum absolute atomic E-state index is 14.7. The van der Waals surface area contributed by atoms with Crippen LogP contribution in [0.15, 0.2) is 75.9 Å². The Morgan fingerprint density at radius 1 is 1.03 bits per heavy atom. The first-order valence-corrected chi connectivity index (χ1v) is 13.1.